The summed E-state index contributed by atoms with van der Waals surface area (Å²) >= 11 is 1.11. The molecule has 0 unspecified atom stereocenters. The lowest BCUT2D eigenvalue weighted by Crippen LogP contribution is -2.13. The van der Waals surface area contributed by atoms with Crippen molar-refractivity contribution in [2.24, 2.45) is 5.16 Å². The molecule has 0 aliphatic carbocycles. The quantitative estimate of drug-likeness (QED) is 0.641. The Hall–Kier alpha value is -1.56. The van der Waals surface area contributed by atoms with Crippen molar-refractivity contribution in [1.82, 2.24) is 4.72 Å². The zero-order valence-corrected chi connectivity index (χ0v) is 9.84. The number of ether oxygens (including phenoxy) is 2. The van der Waals surface area contributed by atoms with Crippen LogP contribution in [0.4, 0.5) is 0 Å². The molecule has 0 bridgehead atoms. The van der Waals surface area contributed by atoms with Crippen LogP contribution in [0.3, 0.4) is 0 Å². The van der Waals surface area contributed by atoms with Crippen LogP contribution in [-0.2, 0) is 10.7 Å². The third-order valence-electron chi connectivity index (χ3n) is 2.16. The smallest absolute Gasteiger partial charge is 0.208 e. The summed E-state index contributed by atoms with van der Waals surface area (Å²) in [5.41, 5.74) is 1.08. The number of hydrogen-bond donors (Lipinski definition) is 1. The van der Waals surface area contributed by atoms with E-state index >= 15 is 0 Å². The first-order valence-corrected chi connectivity index (χ1v) is 5.44. The average molecular weight is 240 g/mol. The monoisotopic (exact) mass is 240 g/mol. The van der Waals surface area contributed by atoms with E-state index in [-0.39, 0.29) is 0 Å². The van der Waals surface area contributed by atoms with Crippen molar-refractivity contribution in [3.63, 3.8) is 0 Å². The predicted molar refractivity (Wildman–Crippen MR) is 62.5 cm³/mol. The van der Waals surface area contributed by atoms with Crippen molar-refractivity contribution < 1.29 is 13.8 Å². The Morgan fingerprint density at radius 3 is 2.75 bits per heavy atom. The maximum absolute atomic E-state index is 5.22. The normalized spacial score (nSPS) is 13.8. The zero-order valence-electron chi connectivity index (χ0n) is 9.02. The summed E-state index contributed by atoms with van der Waals surface area (Å²) in [6.07, 6.45) is 0.674. The predicted octanol–water partition coefficient (Wildman–Crippen LogP) is 1.74. The fourth-order valence-corrected chi connectivity index (χ4v) is 1.77. The van der Waals surface area contributed by atoms with Gasteiger partial charge in [-0.25, -0.2) is 0 Å². The first-order valence-electron chi connectivity index (χ1n) is 4.70. The Labute approximate surface area is 98.1 Å². The van der Waals surface area contributed by atoms with Crippen LogP contribution in [0.1, 0.15) is 5.56 Å². The Morgan fingerprint density at radius 1 is 1.31 bits per heavy atom. The van der Waals surface area contributed by atoms with Gasteiger partial charge in [-0.15, -0.1) is 0 Å². The van der Waals surface area contributed by atoms with E-state index in [1.807, 2.05) is 18.2 Å². The molecule has 0 fully saturated rings. The molecule has 6 heteroatoms. The molecule has 5 nitrogen and oxygen atoms in total. The maximum Gasteiger partial charge on any atom is 0.208 e. The van der Waals surface area contributed by atoms with Crippen molar-refractivity contribution in [2.45, 2.75) is 6.42 Å². The first kappa shape index (κ1) is 10.9. The Balaban J connectivity index is 2.15. The Kier molecular flexibility index (Phi) is 3.40. The molecule has 0 saturated heterocycles. The molecular formula is C10H12N2O3S. The molecule has 16 heavy (non-hydrogen) atoms. The highest BCUT2D eigenvalue weighted by atomic mass is 32.2. The van der Waals surface area contributed by atoms with Gasteiger partial charge >= 0.3 is 0 Å². The van der Waals surface area contributed by atoms with Crippen molar-refractivity contribution in [1.29, 1.82) is 0 Å². The standard InChI is InChI=1S/C10H12N2O3S/c1-13-8-4-3-7(5-9(8)14-2)6-10-11-15-16-12-10/h3-5H,6H2,1-2H3,(H,11,12). The molecule has 0 aromatic heterocycles. The number of rotatable bonds is 4. The van der Waals surface area contributed by atoms with Crippen LogP contribution in [0.5, 0.6) is 11.5 Å². The first-order chi connectivity index (χ1) is 7.83. The maximum atomic E-state index is 5.22. The van der Waals surface area contributed by atoms with Gasteiger partial charge in [0, 0.05) is 6.42 Å². The number of amidine groups is 1. The molecular weight excluding hydrogens is 228 g/mol. The van der Waals surface area contributed by atoms with Crippen molar-refractivity contribution in [3.05, 3.63) is 23.8 Å². The summed E-state index contributed by atoms with van der Waals surface area (Å²) in [5, 5.41) is 3.83. The molecule has 2 rings (SSSR count). The van der Waals surface area contributed by atoms with Crippen LogP contribution in [-0.4, -0.2) is 20.1 Å². The lowest BCUT2D eigenvalue weighted by molar-refractivity contribution is 0.354. The highest BCUT2D eigenvalue weighted by Gasteiger charge is 2.11. The second-order valence-corrected chi connectivity index (χ2v) is 3.68. The molecule has 0 amide bonds. The van der Waals surface area contributed by atoms with Crippen LogP contribution in [0.25, 0.3) is 0 Å². The van der Waals surface area contributed by atoms with Gasteiger partial charge in [0.25, 0.3) is 0 Å². The molecule has 0 radical (unpaired) electrons. The van der Waals surface area contributed by atoms with Crippen LogP contribution in [0.2, 0.25) is 0 Å². The van der Waals surface area contributed by atoms with E-state index in [2.05, 4.69) is 9.88 Å². The third-order valence-corrected chi connectivity index (χ3v) is 2.63. The summed E-state index contributed by atoms with van der Waals surface area (Å²) in [4.78, 5) is 0. The molecule has 0 atom stereocenters. The second kappa shape index (κ2) is 4.98. The van der Waals surface area contributed by atoms with Crippen LogP contribution >= 0.6 is 12.2 Å². The van der Waals surface area contributed by atoms with E-state index in [9.17, 15) is 0 Å². The summed E-state index contributed by atoms with van der Waals surface area (Å²) in [7, 11) is 3.23. The Morgan fingerprint density at radius 2 is 2.12 bits per heavy atom. The summed E-state index contributed by atoms with van der Waals surface area (Å²) in [5.74, 6) is 2.22. The number of hydrogen-bond acceptors (Lipinski definition) is 6. The molecule has 1 aliphatic heterocycles. The van der Waals surface area contributed by atoms with Gasteiger partial charge in [0.15, 0.2) is 17.3 Å². The molecule has 1 aromatic rings. The van der Waals surface area contributed by atoms with Gasteiger partial charge in [0.1, 0.15) is 0 Å². The lowest BCUT2D eigenvalue weighted by Gasteiger charge is -2.08. The summed E-state index contributed by atoms with van der Waals surface area (Å²) in [6, 6.07) is 5.76. The van der Waals surface area contributed by atoms with Gasteiger partial charge in [-0.3, -0.25) is 9.01 Å². The second-order valence-electron chi connectivity index (χ2n) is 3.16. The summed E-state index contributed by atoms with van der Waals surface area (Å²) < 4.78 is 18.1. The van der Waals surface area contributed by atoms with E-state index in [0.29, 0.717) is 12.2 Å². The van der Waals surface area contributed by atoms with Gasteiger partial charge in [-0.2, -0.15) is 0 Å². The highest BCUT2D eigenvalue weighted by Crippen LogP contribution is 2.28. The largest absolute Gasteiger partial charge is 0.493 e. The number of oxime groups is 1. The SMILES string of the molecule is COc1ccc(CC2=NOSN2)cc1OC. The fourth-order valence-electron chi connectivity index (χ4n) is 1.40. The molecule has 1 heterocycles. The minimum atomic E-state index is 0.674. The van der Waals surface area contributed by atoms with E-state index in [4.69, 9.17) is 13.8 Å². The average Bonchev–Trinajstić information content (AvgIpc) is 2.81. The van der Waals surface area contributed by atoms with E-state index in [0.717, 1.165) is 29.4 Å². The van der Waals surface area contributed by atoms with Gasteiger partial charge in [0.05, 0.1) is 14.2 Å². The third kappa shape index (κ3) is 2.33. The van der Waals surface area contributed by atoms with Gasteiger partial charge in [0.2, 0.25) is 12.2 Å². The number of methoxy groups -OCH3 is 2. The minimum absolute atomic E-state index is 0.674. The topological polar surface area (TPSA) is 52.1 Å². The van der Waals surface area contributed by atoms with Crippen molar-refractivity contribution in [2.75, 3.05) is 14.2 Å². The van der Waals surface area contributed by atoms with E-state index < -0.39 is 0 Å². The van der Waals surface area contributed by atoms with Crippen LogP contribution < -0.4 is 14.2 Å². The Bertz CT molecular complexity index is 409. The molecule has 1 N–H and O–H groups in total. The van der Waals surface area contributed by atoms with Crippen LogP contribution in [0.15, 0.2) is 23.4 Å². The van der Waals surface area contributed by atoms with Gasteiger partial charge < -0.3 is 9.47 Å². The zero-order chi connectivity index (χ0) is 11.4. The van der Waals surface area contributed by atoms with Crippen molar-refractivity contribution >= 4 is 18.1 Å². The molecule has 1 aliphatic rings. The van der Waals surface area contributed by atoms with Gasteiger partial charge in [-0.05, 0) is 17.7 Å². The molecule has 86 valence electrons. The van der Waals surface area contributed by atoms with Crippen molar-refractivity contribution in [3.8, 4) is 11.5 Å². The minimum Gasteiger partial charge on any atom is -0.493 e. The van der Waals surface area contributed by atoms with Crippen LogP contribution in [0, 0.1) is 0 Å². The molecule has 0 saturated carbocycles. The number of nitrogens with zero attached hydrogens (tertiary/aromatic N) is 1. The molecule has 0 spiro atoms. The fraction of sp³-hybridized carbons (Fsp3) is 0.300. The molecule has 1 aromatic carbocycles. The van der Waals surface area contributed by atoms with E-state index in [1.54, 1.807) is 14.2 Å². The number of benzene rings is 1. The van der Waals surface area contributed by atoms with E-state index in [1.165, 1.54) is 0 Å². The highest BCUT2D eigenvalue weighted by molar-refractivity contribution is 7.93. The van der Waals surface area contributed by atoms with Gasteiger partial charge in [-0.1, -0.05) is 11.2 Å². The summed E-state index contributed by atoms with van der Waals surface area (Å²) in [6.45, 7) is 0. The number of nitrogens with one attached hydrogen (secondary N) is 1. The lowest BCUT2D eigenvalue weighted by atomic mass is 10.1.